The van der Waals surface area contributed by atoms with Crippen LogP contribution in [-0.4, -0.2) is 29.6 Å². The lowest BCUT2D eigenvalue weighted by atomic mass is 10.2. The molecule has 15 heavy (non-hydrogen) atoms. The van der Waals surface area contributed by atoms with E-state index in [2.05, 4.69) is 4.98 Å². The van der Waals surface area contributed by atoms with E-state index in [1.807, 2.05) is 19.1 Å². The first-order valence-corrected chi connectivity index (χ1v) is 6.02. The summed E-state index contributed by atoms with van der Waals surface area (Å²) in [5.74, 6) is 0.924. The number of methoxy groups -OCH3 is 1. The average Bonchev–Trinajstić information content (AvgIpc) is 2.29. The fourth-order valence-electron chi connectivity index (χ4n) is 1.13. The summed E-state index contributed by atoms with van der Waals surface area (Å²) in [4.78, 5) is 5.33. The van der Waals surface area contributed by atoms with Crippen molar-refractivity contribution in [1.82, 2.24) is 4.98 Å². The Morgan fingerprint density at radius 3 is 2.87 bits per heavy atom. The number of aromatic nitrogens is 1. The first-order chi connectivity index (χ1) is 7.27. The van der Waals surface area contributed by atoms with Crippen LogP contribution in [0.3, 0.4) is 0 Å². The molecule has 0 bridgehead atoms. The highest BCUT2D eigenvalue weighted by molar-refractivity contribution is 7.99. The molecule has 0 saturated heterocycles. The third-order valence-electron chi connectivity index (χ3n) is 2.04. The largest absolute Gasteiger partial charge is 0.387 e. The Morgan fingerprint density at radius 1 is 1.53 bits per heavy atom. The Morgan fingerprint density at radius 2 is 2.33 bits per heavy atom. The van der Waals surface area contributed by atoms with E-state index < -0.39 is 6.10 Å². The van der Waals surface area contributed by atoms with E-state index in [-0.39, 0.29) is 0 Å². The Hall–Kier alpha value is -0.580. The molecule has 1 aromatic rings. The summed E-state index contributed by atoms with van der Waals surface area (Å²) in [6.45, 7) is 2.68. The van der Waals surface area contributed by atoms with Gasteiger partial charge in [0.25, 0.3) is 0 Å². The molecule has 1 heterocycles. The number of ether oxygens (including phenoxy) is 1. The van der Waals surface area contributed by atoms with Crippen molar-refractivity contribution in [3.05, 3.63) is 24.0 Å². The molecule has 3 nitrogen and oxygen atoms in total. The third kappa shape index (κ3) is 4.20. The van der Waals surface area contributed by atoms with Gasteiger partial charge in [0.1, 0.15) is 0 Å². The lowest BCUT2D eigenvalue weighted by molar-refractivity contribution is 0.169. The van der Waals surface area contributed by atoms with Crippen molar-refractivity contribution in [2.24, 2.45) is 0 Å². The van der Waals surface area contributed by atoms with Gasteiger partial charge in [-0.15, -0.1) is 11.8 Å². The summed E-state index contributed by atoms with van der Waals surface area (Å²) < 4.78 is 4.96. The lowest BCUT2D eigenvalue weighted by Crippen LogP contribution is -1.98. The van der Waals surface area contributed by atoms with Crippen molar-refractivity contribution in [3.63, 3.8) is 0 Å². The molecule has 0 aliphatic carbocycles. The van der Waals surface area contributed by atoms with Crippen LogP contribution in [0.5, 0.6) is 0 Å². The van der Waals surface area contributed by atoms with Gasteiger partial charge in [0.2, 0.25) is 0 Å². The van der Waals surface area contributed by atoms with Crippen LogP contribution in [0, 0.1) is 0 Å². The minimum Gasteiger partial charge on any atom is -0.387 e. The van der Waals surface area contributed by atoms with E-state index in [1.165, 1.54) is 0 Å². The predicted octanol–water partition coefficient (Wildman–Crippen LogP) is 2.26. The van der Waals surface area contributed by atoms with Crippen molar-refractivity contribution in [1.29, 1.82) is 0 Å². The highest BCUT2D eigenvalue weighted by atomic mass is 32.2. The van der Waals surface area contributed by atoms with Gasteiger partial charge in [-0.1, -0.05) is 6.92 Å². The number of thioether (sulfide) groups is 1. The van der Waals surface area contributed by atoms with Gasteiger partial charge >= 0.3 is 0 Å². The Bertz CT molecular complexity index is 276. The van der Waals surface area contributed by atoms with Gasteiger partial charge in [-0.25, -0.2) is 0 Å². The molecular formula is C11H17NO2S. The van der Waals surface area contributed by atoms with Gasteiger partial charge in [-0.3, -0.25) is 4.98 Å². The maximum atomic E-state index is 9.54. The number of hydrogen-bond acceptors (Lipinski definition) is 4. The van der Waals surface area contributed by atoms with Crippen molar-refractivity contribution in [2.75, 3.05) is 19.5 Å². The first-order valence-electron chi connectivity index (χ1n) is 5.03. The second kappa shape index (κ2) is 6.82. The van der Waals surface area contributed by atoms with Gasteiger partial charge < -0.3 is 9.84 Å². The zero-order chi connectivity index (χ0) is 11.1. The number of rotatable bonds is 6. The molecule has 1 N–H and O–H groups in total. The van der Waals surface area contributed by atoms with E-state index in [1.54, 1.807) is 25.1 Å². The molecular weight excluding hydrogens is 210 g/mol. The quantitative estimate of drug-likeness (QED) is 0.598. The van der Waals surface area contributed by atoms with Crippen LogP contribution in [0.15, 0.2) is 23.2 Å². The van der Waals surface area contributed by atoms with Crippen molar-refractivity contribution in [3.8, 4) is 0 Å². The van der Waals surface area contributed by atoms with Gasteiger partial charge in [0.15, 0.2) is 0 Å². The molecule has 0 radical (unpaired) electrons. The van der Waals surface area contributed by atoms with E-state index in [9.17, 15) is 5.11 Å². The summed E-state index contributed by atoms with van der Waals surface area (Å²) >= 11 is 1.70. The Labute approximate surface area is 94.9 Å². The molecule has 0 fully saturated rings. The van der Waals surface area contributed by atoms with Gasteiger partial charge in [0, 0.05) is 24.0 Å². The van der Waals surface area contributed by atoms with Crippen molar-refractivity contribution in [2.45, 2.75) is 24.3 Å². The molecule has 84 valence electrons. The SMILES string of the molecule is CC[C@H](O)c1ccc(SCCOC)cn1. The maximum Gasteiger partial charge on any atom is 0.0957 e. The molecule has 1 atom stereocenters. The van der Waals surface area contributed by atoms with Crippen LogP contribution < -0.4 is 0 Å². The molecule has 0 aliphatic rings. The number of aliphatic hydroxyl groups excluding tert-OH is 1. The normalized spacial score (nSPS) is 12.7. The molecule has 1 aromatic heterocycles. The molecule has 0 aromatic carbocycles. The minimum atomic E-state index is -0.442. The van der Waals surface area contributed by atoms with Gasteiger partial charge in [-0.05, 0) is 18.6 Å². The molecule has 1 rings (SSSR count). The van der Waals surface area contributed by atoms with Gasteiger partial charge in [0.05, 0.1) is 18.4 Å². The molecule has 4 heteroatoms. The minimum absolute atomic E-state index is 0.442. The molecule has 0 aliphatic heterocycles. The summed E-state index contributed by atoms with van der Waals surface area (Å²) in [7, 11) is 1.69. The highest BCUT2D eigenvalue weighted by Crippen LogP contribution is 2.19. The van der Waals surface area contributed by atoms with Crippen LogP contribution in [0.4, 0.5) is 0 Å². The fraction of sp³-hybridized carbons (Fsp3) is 0.545. The van der Waals surface area contributed by atoms with Crippen LogP contribution in [0.1, 0.15) is 25.1 Å². The zero-order valence-corrected chi connectivity index (χ0v) is 9.96. The van der Waals surface area contributed by atoms with E-state index >= 15 is 0 Å². The molecule has 0 spiro atoms. The van der Waals surface area contributed by atoms with Crippen LogP contribution in [-0.2, 0) is 4.74 Å². The Kier molecular flexibility index (Phi) is 5.68. The van der Waals surface area contributed by atoms with E-state index in [0.29, 0.717) is 6.42 Å². The first kappa shape index (κ1) is 12.5. The topological polar surface area (TPSA) is 42.4 Å². The fourth-order valence-corrected chi connectivity index (χ4v) is 1.90. The second-order valence-corrected chi connectivity index (χ2v) is 4.35. The van der Waals surface area contributed by atoms with Crippen LogP contribution in [0.2, 0.25) is 0 Å². The maximum absolute atomic E-state index is 9.54. The monoisotopic (exact) mass is 227 g/mol. The number of aliphatic hydroxyl groups is 1. The smallest absolute Gasteiger partial charge is 0.0957 e. The number of pyridine rings is 1. The van der Waals surface area contributed by atoms with Crippen molar-refractivity contribution < 1.29 is 9.84 Å². The average molecular weight is 227 g/mol. The summed E-state index contributed by atoms with van der Waals surface area (Å²) in [5.41, 5.74) is 0.744. The van der Waals surface area contributed by atoms with Crippen LogP contribution in [0.25, 0.3) is 0 Å². The lowest BCUT2D eigenvalue weighted by Gasteiger charge is -2.07. The van der Waals surface area contributed by atoms with Crippen LogP contribution >= 0.6 is 11.8 Å². The highest BCUT2D eigenvalue weighted by Gasteiger charge is 2.05. The predicted molar refractivity (Wildman–Crippen MR) is 62.1 cm³/mol. The van der Waals surface area contributed by atoms with E-state index in [4.69, 9.17) is 4.74 Å². The molecule has 0 saturated carbocycles. The Balaban J connectivity index is 2.49. The standard InChI is InChI=1S/C11H17NO2S/c1-3-11(13)10-5-4-9(8-12-10)15-7-6-14-2/h4-5,8,11,13H,3,6-7H2,1-2H3/t11-/m0/s1. The second-order valence-electron chi connectivity index (χ2n) is 3.18. The number of nitrogens with zero attached hydrogens (tertiary/aromatic N) is 1. The summed E-state index contributed by atoms with van der Waals surface area (Å²) in [6, 6.07) is 3.87. The molecule has 0 unspecified atom stereocenters. The zero-order valence-electron chi connectivity index (χ0n) is 9.14. The summed E-state index contributed by atoms with van der Waals surface area (Å²) in [5, 5.41) is 9.54. The van der Waals surface area contributed by atoms with E-state index in [0.717, 1.165) is 22.9 Å². The van der Waals surface area contributed by atoms with Crippen molar-refractivity contribution >= 4 is 11.8 Å². The number of hydrogen-bond donors (Lipinski definition) is 1. The van der Waals surface area contributed by atoms with Gasteiger partial charge in [-0.2, -0.15) is 0 Å². The third-order valence-corrected chi connectivity index (χ3v) is 2.99. The summed E-state index contributed by atoms with van der Waals surface area (Å²) in [6.07, 6.45) is 2.06. The molecule has 0 amide bonds.